The summed E-state index contributed by atoms with van der Waals surface area (Å²) in [5, 5.41) is 0. The van der Waals surface area contributed by atoms with Gasteiger partial charge in [-0.3, -0.25) is 4.79 Å². The normalized spacial score (nSPS) is 10.9. The van der Waals surface area contributed by atoms with Crippen molar-refractivity contribution >= 4 is 17.3 Å². The first-order chi connectivity index (χ1) is 7.86. The number of anilines is 2. The fourth-order valence-electron chi connectivity index (χ4n) is 1.97. The number of benzene rings is 1. The Morgan fingerprint density at radius 3 is 2.12 bits per heavy atom. The highest BCUT2D eigenvalue weighted by molar-refractivity contribution is 6.01. The number of rotatable bonds is 3. The minimum absolute atomic E-state index is 0.0696. The molecule has 0 spiro atoms. The molecule has 0 aromatic heterocycles. The van der Waals surface area contributed by atoms with Crippen LogP contribution in [0.2, 0.25) is 0 Å². The highest BCUT2D eigenvalue weighted by Crippen LogP contribution is 2.22. The molecule has 1 amide bonds. The molecule has 94 valence electrons. The predicted molar refractivity (Wildman–Crippen MR) is 71.7 cm³/mol. The van der Waals surface area contributed by atoms with E-state index in [1.165, 1.54) is 0 Å². The molecule has 1 aromatic rings. The van der Waals surface area contributed by atoms with E-state index in [2.05, 4.69) is 0 Å². The van der Waals surface area contributed by atoms with Gasteiger partial charge in [-0.05, 0) is 39.8 Å². The van der Waals surface area contributed by atoms with Gasteiger partial charge in [0, 0.05) is 12.1 Å². The first-order valence-corrected chi connectivity index (χ1v) is 5.82. The molecule has 4 nitrogen and oxygen atoms in total. The van der Waals surface area contributed by atoms with Crippen LogP contribution in [0.1, 0.15) is 38.1 Å². The Kier molecular flexibility index (Phi) is 3.99. The van der Waals surface area contributed by atoms with Crippen LogP contribution in [0.15, 0.2) is 18.2 Å². The van der Waals surface area contributed by atoms with Crippen molar-refractivity contribution in [2.75, 3.05) is 11.5 Å². The van der Waals surface area contributed by atoms with Crippen LogP contribution in [0.4, 0.5) is 11.4 Å². The average Bonchev–Trinajstić information content (AvgIpc) is 2.20. The van der Waals surface area contributed by atoms with Crippen LogP contribution >= 0.6 is 0 Å². The van der Waals surface area contributed by atoms with Crippen molar-refractivity contribution in [2.24, 2.45) is 0 Å². The first kappa shape index (κ1) is 13.4. The summed E-state index contributed by atoms with van der Waals surface area (Å²) in [6.07, 6.45) is 0. The molecule has 4 heteroatoms. The zero-order valence-electron chi connectivity index (χ0n) is 10.9. The summed E-state index contributed by atoms with van der Waals surface area (Å²) < 4.78 is 0. The molecule has 0 aliphatic heterocycles. The van der Waals surface area contributed by atoms with Gasteiger partial charge < -0.3 is 16.4 Å². The molecule has 0 unspecified atom stereocenters. The highest BCUT2D eigenvalue weighted by atomic mass is 16.2. The summed E-state index contributed by atoms with van der Waals surface area (Å²) in [5.74, 6) is -0.0696. The number of hydrogen-bond donors (Lipinski definition) is 2. The number of nitrogens with zero attached hydrogens (tertiary/aromatic N) is 1. The lowest BCUT2D eigenvalue weighted by Gasteiger charge is -2.31. The van der Waals surface area contributed by atoms with Gasteiger partial charge in [-0.2, -0.15) is 0 Å². The summed E-state index contributed by atoms with van der Waals surface area (Å²) in [7, 11) is 0. The maximum atomic E-state index is 12.4. The van der Waals surface area contributed by atoms with Gasteiger partial charge in [0.2, 0.25) is 0 Å². The number of nitrogens with two attached hydrogens (primary N) is 2. The molecule has 0 aliphatic rings. The van der Waals surface area contributed by atoms with Gasteiger partial charge in [-0.15, -0.1) is 0 Å². The second kappa shape index (κ2) is 5.08. The third-order valence-corrected chi connectivity index (χ3v) is 2.72. The lowest BCUT2D eigenvalue weighted by atomic mass is 10.1. The maximum Gasteiger partial charge on any atom is 0.256 e. The van der Waals surface area contributed by atoms with E-state index in [1.54, 1.807) is 23.1 Å². The number of hydrogen-bond acceptors (Lipinski definition) is 3. The molecule has 0 bridgehead atoms. The molecule has 0 saturated carbocycles. The van der Waals surface area contributed by atoms with E-state index in [9.17, 15) is 4.79 Å². The van der Waals surface area contributed by atoms with Crippen LogP contribution in [0.5, 0.6) is 0 Å². The second-order valence-corrected chi connectivity index (χ2v) is 4.71. The summed E-state index contributed by atoms with van der Waals surface area (Å²) in [6, 6.07) is 5.41. The summed E-state index contributed by atoms with van der Waals surface area (Å²) in [4.78, 5) is 14.2. The van der Waals surface area contributed by atoms with Crippen molar-refractivity contribution in [2.45, 2.75) is 39.8 Å². The Morgan fingerprint density at radius 2 is 1.65 bits per heavy atom. The van der Waals surface area contributed by atoms with Crippen molar-refractivity contribution in [3.8, 4) is 0 Å². The lowest BCUT2D eigenvalue weighted by molar-refractivity contribution is 0.0645. The highest BCUT2D eigenvalue weighted by Gasteiger charge is 2.23. The summed E-state index contributed by atoms with van der Waals surface area (Å²) in [5.41, 5.74) is 12.9. The van der Waals surface area contributed by atoms with Gasteiger partial charge in [0.15, 0.2) is 0 Å². The van der Waals surface area contributed by atoms with E-state index < -0.39 is 0 Å². The molecule has 0 atom stereocenters. The van der Waals surface area contributed by atoms with E-state index in [-0.39, 0.29) is 18.0 Å². The van der Waals surface area contributed by atoms with Gasteiger partial charge in [0.25, 0.3) is 5.91 Å². The Morgan fingerprint density at radius 1 is 1.12 bits per heavy atom. The van der Waals surface area contributed by atoms with Crippen LogP contribution in [0, 0.1) is 0 Å². The summed E-state index contributed by atoms with van der Waals surface area (Å²) >= 11 is 0. The standard InChI is InChI=1S/C13H21N3O/c1-8(2)16(9(3)4)13(17)10-6-5-7-11(14)12(10)15/h5-9H,14-15H2,1-4H3. The van der Waals surface area contributed by atoms with Gasteiger partial charge in [-0.1, -0.05) is 6.07 Å². The average molecular weight is 235 g/mol. The van der Waals surface area contributed by atoms with Crippen molar-refractivity contribution in [1.29, 1.82) is 0 Å². The van der Waals surface area contributed by atoms with Crippen LogP contribution in [-0.4, -0.2) is 22.9 Å². The molecular formula is C13H21N3O. The van der Waals surface area contributed by atoms with Crippen LogP contribution < -0.4 is 11.5 Å². The second-order valence-electron chi connectivity index (χ2n) is 4.71. The Balaban J connectivity index is 3.15. The molecular weight excluding hydrogens is 214 g/mol. The van der Waals surface area contributed by atoms with Gasteiger partial charge in [-0.25, -0.2) is 0 Å². The number of nitrogen functional groups attached to an aromatic ring is 2. The third-order valence-electron chi connectivity index (χ3n) is 2.72. The van der Waals surface area contributed by atoms with Crippen molar-refractivity contribution in [3.05, 3.63) is 23.8 Å². The molecule has 0 radical (unpaired) electrons. The Bertz CT molecular complexity index is 405. The van der Waals surface area contributed by atoms with Crippen molar-refractivity contribution in [1.82, 2.24) is 4.90 Å². The smallest absolute Gasteiger partial charge is 0.256 e. The topological polar surface area (TPSA) is 72.3 Å². The Hall–Kier alpha value is -1.71. The van der Waals surface area contributed by atoms with Crippen LogP contribution in [-0.2, 0) is 0 Å². The minimum atomic E-state index is -0.0696. The predicted octanol–water partition coefficient (Wildman–Crippen LogP) is 2.11. The zero-order chi connectivity index (χ0) is 13.2. The van der Waals surface area contributed by atoms with E-state index in [1.807, 2.05) is 27.7 Å². The fraction of sp³-hybridized carbons (Fsp3) is 0.462. The lowest BCUT2D eigenvalue weighted by Crippen LogP contribution is -2.42. The van der Waals surface area contributed by atoms with E-state index in [0.717, 1.165) is 0 Å². The van der Waals surface area contributed by atoms with Crippen molar-refractivity contribution in [3.63, 3.8) is 0 Å². The minimum Gasteiger partial charge on any atom is -0.397 e. The molecule has 4 N–H and O–H groups in total. The molecule has 0 aliphatic carbocycles. The molecule has 0 fully saturated rings. The van der Waals surface area contributed by atoms with Crippen LogP contribution in [0.3, 0.4) is 0 Å². The van der Waals surface area contributed by atoms with E-state index in [0.29, 0.717) is 16.9 Å². The Labute approximate surface area is 103 Å². The number of carbonyl (C=O) groups excluding carboxylic acids is 1. The van der Waals surface area contributed by atoms with Crippen molar-refractivity contribution < 1.29 is 4.79 Å². The third kappa shape index (κ3) is 2.70. The number of para-hydroxylation sites is 1. The van der Waals surface area contributed by atoms with E-state index in [4.69, 9.17) is 11.5 Å². The molecule has 0 saturated heterocycles. The largest absolute Gasteiger partial charge is 0.397 e. The molecule has 0 heterocycles. The first-order valence-electron chi connectivity index (χ1n) is 5.82. The van der Waals surface area contributed by atoms with Crippen LogP contribution in [0.25, 0.3) is 0 Å². The van der Waals surface area contributed by atoms with Gasteiger partial charge >= 0.3 is 0 Å². The van der Waals surface area contributed by atoms with E-state index >= 15 is 0 Å². The zero-order valence-corrected chi connectivity index (χ0v) is 10.9. The molecule has 1 rings (SSSR count). The monoisotopic (exact) mass is 235 g/mol. The SMILES string of the molecule is CC(C)N(C(=O)c1cccc(N)c1N)C(C)C. The quantitative estimate of drug-likeness (QED) is 0.788. The van der Waals surface area contributed by atoms with Gasteiger partial charge in [0.05, 0.1) is 16.9 Å². The fourth-order valence-corrected chi connectivity index (χ4v) is 1.97. The molecule has 17 heavy (non-hydrogen) atoms. The maximum absolute atomic E-state index is 12.4. The summed E-state index contributed by atoms with van der Waals surface area (Å²) in [6.45, 7) is 7.95. The number of amides is 1. The molecule has 1 aromatic carbocycles. The van der Waals surface area contributed by atoms with Gasteiger partial charge in [0.1, 0.15) is 0 Å². The number of carbonyl (C=O) groups is 1.